The van der Waals surface area contributed by atoms with E-state index in [2.05, 4.69) is 244 Å². The van der Waals surface area contributed by atoms with Gasteiger partial charge in [0.2, 0.25) is 0 Å². The summed E-state index contributed by atoms with van der Waals surface area (Å²) in [4.78, 5) is 4.71. The van der Waals surface area contributed by atoms with Crippen molar-refractivity contribution < 1.29 is 0 Å². The van der Waals surface area contributed by atoms with Crippen molar-refractivity contribution in [2.75, 3.05) is 9.80 Å². The molecule has 0 aliphatic heterocycles. The van der Waals surface area contributed by atoms with Gasteiger partial charge in [-0.05, 0) is 185 Å². The van der Waals surface area contributed by atoms with Gasteiger partial charge < -0.3 is 9.80 Å². The van der Waals surface area contributed by atoms with Crippen LogP contribution >= 0.6 is 0 Å². The molecule has 0 amide bonds. The zero-order valence-electron chi connectivity index (χ0n) is 41.2. The van der Waals surface area contributed by atoms with Crippen LogP contribution in [-0.2, 0) is 5.41 Å². The van der Waals surface area contributed by atoms with E-state index in [1.54, 1.807) is 0 Å². The summed E-state index contributed by atoms with van der Waals surface area (Å²) in [5, 5.41) is 26.9. The normalized spacial score (nSPS) is 12.7. The van der Waals surface area contributed by atoms with Crippen LogP contribution in [0.3, 0.4) is 0 Å². The first kappa shape index (κ1) is 43.8. The fourth-order valence-corrected chi connectivity index (χ4v) is 12.3. The van der Waals surface area contributed by atoms with Crippen LogP contribution in [0.4, 0.5) is 34.1 Å². The summed E-state index contributed by atoms with van der Waals surface area (Å²) in [6.45, 7) is 8.93. The number of fused-ring (bicyclic) bond motifs is 17. The van der Waals surface area contributed by atoms with E-state index in [9.17, 15) is 10.5 Å². The van der Waals surface area contributed by atoms with Crippen LogP contribution in [0.15, 0.2) is 218 Å². The molecule has 0 unspecified atom stereocenters. The van der Waals surface area contributed by atoms with Crippen LogP contribution in [0.2, 0.25) is 0 Å². The average Bonchev–Trinajstić information content (AvgIpc) is 3.94. The Labute approximate surface area is 426 Å². The number of nitriles is 2. The molecule has 346 valence electrons. The quantitative estimate of drug-likeness (QED) is 0.142. The zero-order valence-corrected chi connectivity index (χ0v) is 41.2. The largest absolute Gasteiger partial charge is 0.310 e. The Morgan fingerprint density at radius 2 is 0.781 bits per heavy atom. The minimum Gasteiger partial charge on any atom is -0.310 e. The van der Waals surface area contributed by atoms with Crippen molar-refractivity contribution in [2.45, 2.75) is 44.9 Å². The topological polar surface area (TPSA) is 54.1 Å². The van der Waals surface area contributed by atoms with Crippen molar-refractivity contribution in [2.24, 2.45) is 0 Å². The van der Waals surface area contributed by atoms with Crippen LogP contribution < -0.4 is 9.80 Å². The lowest BCUT2D eigenvalue weighted by Crippen LogP contribution is -2.26. The van der Waals surface area contributed by atoms with E-state index in [1.807, 2.05) is 24.3 Å². The molecule has 0 N–H and O–H groups in total. The SMILES string of the molecule is CC(C)c1ccc(N(c2ccc(C#N)cc2)c2ccc3c4c(c5ccccc5c3c2)-c2cc(N(c3ccc(C#N)cc3)c3ccc(C(C)C)cc3)c3ccccc3c2C42c3ccccc3-c3ccccc32)cc1. The summed E-state index contributed by atoms with van der Waals surface area (Å²) < 4.78 is 0. The number of hydrogen-bond donors (Lipinski definition) is 0. The number of anilines is 6. The molecule has 11 aromatic rings. The summed E-state index contributed by atoms with van der Waals surface area (Å²) >= 11 is 0. The fraction of sp³-hybridized carbons (Fsp3) is 0.101. The van der Waals surface area contributed by atoms with Crippen LogP contribution in [0.5, 0.6) is 0 Å². The molecule has 4 heteroatoms. The third-order valence-electron chi connectivity index (χ3n) is 15.6. The fourth-order valence-electron chi connectivity index (χ4n) is 12.3. The molecule has 13 rings (SSSR count). The molecule has 0 bridgehead atoms. The Bertz CT molecular complexity index is 4050. The van der Waals surface area contributed by atoms with Gasteiger partial charge in [-0.3, -0.25) is 0 Å². The number of nitrogens with zero attached hydrogens (tertiary/aromatic N) is 4. The van der Waals surface area contributed by atoms with Gasteiger partial charge in [0.05, 0.1) is 34.4 Å². The van der Waals surface area contributed by atoms with E-state index >= 15 is 0 Å². The highest BCUT2D eigenvalue weighted by Gasteiger charge is 2.54. The van der Waals surface area contributed by atoms with Crippen molar-refractivity contribution in [1.82, 2.24) is 0 Å². The first-order valence-corrected chi connectivity index (χ1v) is 25.3. The van der Waals surface area contributed by atoms with E-state index < -0.39 is 5.41 Å². The first-order valence-electron chi connectivity index (χ1n) is 25.3. The summed E-state index contributed by atoms with van der Waals surface area (Å²) in [6, 6.07) is 84.2. The van der Waals surface area contributed by atoms with Crippen LogP contribution in [-0.4, -0.2) is 0 Å². The Morgan fingerprint density at radius 1 is 0.356 bits per heavy atom. The van der Waals surface area contributed by atoms with Crippen molar-refractivity contribution in [3.8, 4) is 34.4 Å². The summed E-state index contributed by atoms with van der Waals surface area (Å²) in [7, 11) is 0. The highest BCUT2D eigenvalue weighted by Crippen LogP contribution is 2.67. The molecule has 0 atom stereocenters. The summed E-state index contributed by atoms with van der Waals surface area (Å²) in [5.74, 6) is 0.787. The summed E-state index contributed by atoms with van der Waals surface area (Å²) in [5.41, 5.74) is 19.4. The maximum absolute atomic E-state index is 9.94. The summed E-state index contributed by atoms with van der Waals surface area (Å²) in [6.07, 6.45) is 0. The Balaban J connectivity index is 1.16. The van der Waals surface area contributed by atoms with Gasteiger partial charge in [0, 0.05) is 33.8 Å². The lowest BCUT2D eigenvalue weighted by Gasteiger charge is -2.34. The average molecular weight is 935 g/mol. The standard InChI is InChI=1S/C69H50N4/c1-43(2)47-25-33-50(34-26-47)72(49-29-21-45(41-70)22-30-49)53-37-38-60-61(39-53)54-13-5-7-17-58(54)66-62-40-65(73(51-31-23-46(42-71)24-32-51)52-35-27-48(28-36-52)44(3)4)57-16-6-8-18-59(57)67(62)69(68(60)66)63-19-11-9-14-55(63)56-15-10-12-20-64(56)69/h5-40,43-44H,1-4H3. The Kier molecular flexibility index (Phi) is 10.2. The molecule has 11 aromatic carbocycles. The van der Waals surface area contributed by atoms with E-state index in [0.717, 1.165) is 39.5 Å². The molecule has 1 spiro atoms. The van der Waals surface area contributed by atoms with E-state index in [-0.39, 0.29) is 0 Å². The van der Waals surface area contributed by atoms with Gasteiger partial charge in [-0.1, -0.05) is 155 Å². The maximum atomic E-state index is 9.94. The van der Waals surface area contributed by atoms with Crippen molar-refractivity contribution >= 4 is 66.4 Å². The van der Waals surface area contributed by atoms with Crippen LogP contribution in [0, 0.1) is 22.7 Å². The van der Waals surface area contributed by atoms with Gasteiger partial charge in [0.25, 0.3) is 0 Å². The third kappa shape index (κ3) is 6.58. The molecule has 2 aliphatic rings. The minimum atomic E-state index is -0.683. The van der Waals surface area contributed by atoms with E-state index in [4.69, 9.17) is 0 Å². The van der Waals surface area contributed by atoms with Gasteiger partial charge in [-0.25, -0.2) is 0 Å². The molecule has 4 nitrogen and oxygen atoms in total. The molecule has 0 saturated carbocycles. The third-order valence-corrected chi connectivity index (χ3v) is 15.6. The molecular formula is C69H50N4. The monoisotopic (exact) mass is 934 g/mol. The molecule has 0 saturated heterocycles. The van der Waals surface area contributed by atoms with E-state index in [1.165, 1.54) is 82.6 Å². The zero-order chi connectivity index (χ0) is 49.5. The van der Waals surface area contributed by atoms with Gasteiger partial charge >= 0.3 is 0 Å². The van der Waals surface area contributed by atoms with Gasteiger partial charge in [-0.15, -0.1) is 0 Å². The first-order chi connectivity index (χ1) is 35.8. The molecule has 0 aromatic heterocycles. The lowest BCUT2D eigenvalue weighted by atomic mass is 9.68. The van der Waals surface area contributed by atoms with Gasteiger partial charge in [0.1, 0.15) is 0 Å². The van der Waals surface area contributed by atoms with Gasteiger partial charge in [-0.2, -0.15) is 10.5 Å². The van der Waals surface area contributed by atoms with Crippen molar-refractivity contribution in [1.29, 1.82) is 10.5 Å². The second-order valence-electron chi connectivity index (χ2n) is 20.2. The second kappa shape index (κ2) is 17.0. The second-order valence-corrected chi connectivity index (χ2v) is 20.2. The molecule has 0 heterocycles. The molecule has 0 radical (unpaired) electrons. The van der Waals surface area contributed by atoms with Crippen molar-refractivity contribution in [3.63, 3.8) is 0 Å². The molecule has 73 heavy (non-hydrogen) atoms. The number of rotatable bonds is 8. The predicted molar refractivity (Wildman–Crippen MR) is 302 cm³/mol. The maximum Gasteiger partial charge on any atom is 0.0991 e. The van der Waals surface area contributed by atoms with Crippen LogP contribution in [0.25, 0.3) is 54.6 Å². The highest BCUT2D eigenvalue weighted by atomic mass is 15.1. The molecule has 2 aliphatic carbocycles. The predicted octanol–water partition coefficient (Wildman–Crippen LogP) is 18.4. The Morgan fingerprint density at radius 3 is 1.30 bits per heavy atom. The van der Waals surface area contributed by atoms with Crippen molar-refractivity contribution in [3.05, 3.63) is 263 Å². The van der Waals surface area contributed by atoms with Gasteiger partial charge in [0.15, 0.2) is 0 Å². The smallest absolute Gasteiger partial charge is 0.0991 e. The Hall–Kier alpha value is -9.22. The highest BCUT2D eigenvalue weighted by molar-refractivity contribution is 6.23. The molecular weight excluding hydrogens is 885 g/mol. The minimum absolute atomic E-state index is 0.387. The van der Waals surface area contributed by atoms with Crippen LogP contribution in [0.1, 0.15) is 84.0 Å². The lowest BCUT2D eigenvalue weighted by molar-refractivity contribution is 0.809. The number of hydrogen-bond acceptors (Lipinski definition) is 4. The van der Waals surface area contributed by atoms with E-state index in [0.29, 0.717) is 23.0 Å². The number of benzene rings is 11. The molecule has 0 fully saturated rings.